The van der Waals surface area contributed by atoms with Gasteiger partial charge in [0.25, 0.3) is 0 Å². The van der Waals surface area contributed by atoms with E-state index < -0.39 is 0 Å². The predicted octanol–water partition coefficient (Wildman–Crippen LogP) is 13.3. The average molecular weight is 713 g/mol. The number of hydrogen-bond acceptors (Lipinski definition) is 4. The lowest BCUT2D eigenvalue weighted by Crippen LogP contribution is -1.96. The second kappa shape index (κ2) is 13.1. The maximum atomic E-state index is 5.07. The molecule has 0 radical (unpaired) electrons. The van der Waals surface area contributed by atoms with Crippen LogP contribution in [0.1, 0.15) is 0 Å². The Kier molecular flexibility index (Phi) is 7.46. The van der Waals surface area contributed by atoms with E-state index in [1.807, 2.05) is 48.7 Å². The van der Waals surface area contributed by atoms with Crippen molar-refractivity contribution in [2.45, 2.75) is 0 Å². The van der Waals surface area contributed by atoms with Crippen LogP contribution in [0.25, 0.3) is 111 Å². The van der Waals surface area contributed by atoms with E-state index in [1.54, 1.807) is 0 Å². The second-order valence-corrected chi connectivity index (χ2v) is 14.3. The lowest BCUT2D eigenvalue weighted by molar-refractivity contribution is 1.18. The summed E-state index contributed by atoms with van der Waals surface area (Å²) in [6.45, 7) is 0. The SMILES string of the molecule is c1ccc(-c2nc(-c3ccc(-c4ccc(-c5ccc6ccc7cccc8ccc5c6c78)cc4)cc3)cc(-c3ccc(-c4ncc5ccccc5n4)cc3)n2)cc1. The van der Waals surface area contributed by atoms with E-state index in [0.717, 1.165) is 50.1 Å². The molecular formula is C52H32N4. The molecule has 2 aromatic heterocycles. The number of benzene rings is 9. The van der Waals surface area contributed by atoms with Crippen LogP contribution in [0.3, 0.4) is 0 Å². The first-order chi connectivity index (χ1) is 27.7. The molecule has 0 amide bonds. The van der Waals surface area contributed by atoms with Gasteiger partial charge in [-0.1, -0.05) is 176 Å². The fourth-order valence-electron chi connectivity index (χ4n) is 8.02. The van der Waals surface area contributed by atoms with E-state index in [4.69, 9.17) is 15.0 Å². The summed E-state index contributed by atoms with van der Waals surface area (Å²) >= 11 is 0. The lowest BCUT2D eigenvalue weighted by atomic mass is 9.89. The minimum atomic E-state index is 0.687. The zero-order valence-electron chi connectivity index (χ0n) is 30.3. The standard InChI is InChI=1S/C52H32N4/c1-2-7-41(8-3-1)52-55-47(31-48(56-52)37-21-25-42(26-22-37)51-53-32-43-9-4-5-12-46(43)54-51)36-19-15-34(16-20-36)33-13-17-35(18-14-33)44-29-27-40-24-23-38-10-6-11-39-28-30-45(44)50(40)49(38)39/h1-32H. The summed E-state index contributed by atoms with van der Waals surface area (Å²) < 4.78 is 0. The van der Waals surface area contributed by atoms with Crippen LogP contribution in [0.15, 0.2) is 194 Å². The molecule has 0 aliphatic rings. The van der Waals surface area contributed by atoms with E-state index >= 15 is 0 Å². The van der Waals surface area contributed by atoms with Gasteiger partial charge in [0, 0.05) is 33.8 Å². The summed E-state index contributed by atoms with van der Waals surface area (Å²) in [6.07, 6.45) is 1.88. The molecule has 0 aliphatic heterocycles. The Bertz CT molecular complexity index is 3190. The molecule has 0 saturated carbocycles. The van der Waals surface area contributed by atoms with E-state index in [-0.39, 0.29) is 0 Å². The van der Waals surface area contributed by atoms with Crippen molar-refractivity contribution in [1.29, 1.82) is 0 Å². The van der Waals surface area contributed by atoms with Crippen molar-refractivity contribution in [3.8, 4) is 67.5 Å². The molecule has 0 fully saturated rings. The maximum Gasteiger partial charge on any atom is 0.160 e. The van der Waals surface area contributed by atoms with Crippen LogP contribution in [0.5, 0.6) is 0 Å². The Balaban J connectivity index is 0.911. The van der Waals surface area contributed by atoms with Crippen LogP contribution < -0.4 is 0 Å². The quantitative estimate of drug-likeness (QED) is 0.161. The Morgan fingerprint density at radius 3 is 1.52 bits per heavy atom. The second-order valence-electron chi connectivity index (χ2n) is 14.3. The molecule has 2 heterocycles. The largest absolute Gasteiger partial charge is 0.236 e. The van der Waals surface area contributed by atoms with Crippen molar-refractivity contribution in [1.82, 2.24) is 19.9 Å². The fourth-order valence-corrected chi connectivity index (χ4v) is 8.02. The number of para-hydroxylation sites is 1. The summed E-state index contributed by atoms with van der Waals surface area (Å²) in [5, 5.41) is 8.85. The van der Waals surface area contributed by atoms with Gasteiger partial charge in [-0.25, -0.2) is 19.9 Å². The summed E-state index contributed by atoms with van der Waals surface area (Å²) in [6, 6.07) is 66.3. The van der Waals surface area contributed by atoms with Crippen LogP contribution in [0.4, 0.5) is 0 Å². The zero-order chi connectivity index (χ0) is 37.0. The van der Waals surface area contributed by atoms with Crippen molar-refractivity contribution in [3.05, 3.63) is 194 Å². The molecule has 0 bridgehead atoms. The Morgan fingerprint density at radius 1 is 0.304 bits per heavy atom. The third-order valence-corrected chi connectivity index (χ3v) is 10.9. The van der Waals surface area contributed by atoms with Crippen LogP contribution in [-0.4, -0.2) is 19.9 Å². The molecule has 0 aliphatic carbocycles. The molecule has 4 heteroatoms. The van der Waals surface area contributed by atoms with Gasteiger partial charge in [-0.15, -0.1) is 0 Å². The number of aromatic nitrogens is 4. The summed E-state index contributed by atoms with van der Waals surface area (Å²) in [5.41, 5.74) is 11.4. The number of rotatable bonds is 6. The number of nitrogens with zero attached hydrogens (tertiary/aromatic N) is 4. The van der Waals surface area contributed by atoms with E-state index in [1.165, 1.54) is 49.0 Å². The van der Waals surface area contributed by atoms with Crippen molar-refractivity contribution >= 4 is 43.2 Å². The molecule has 9 aromatic carbocycles. The van der Waals surface area contributed by atoms with E-state index in [9.17, 15) is 0 Å². The van der Waals surface area contributed by atoms with Gasteiger partial charge in [0.15, 0.2) is 11.6 Å². The molecule has 0 N–H and O–H groups in total. The lowest BCUT2D eigenvalue weighted by Gasteiger charge is -2.14. The van der Waals surface area contributed by atoms with Crippen LogP contribution in [-0.2, 0) is 0 Å². The van der Waals surface area contributed by atoms with Crippen LogP contribution in [0.2, 0.25) is 0 Å². The minimum absolute atomic E-state index is 0.687. The highest BCUT2D eigenvalue weighted by Crippen LogP contribution is 2.40. The fraction of sp³-hybridized carbons (Fsp3) is 0. The first-order valence-electron chi connectivity index (χ1n) is 18.9. The van der Waals surface area contributed by atoms with Gasteiger partial charge in [-0.2, -0.15) is 0 Å². The number of hydrogen-bond donors (Lipinski definition) is 0. The van der Waals surface area contributed by atoms with Gasteiger partial charge < -0.3 is 0 Å². The molecule has 0 unspecified atom stereocenters. The third-order valence-electron chi connectivity index (χ3n) is 10.9. The highest BCUT2D eigenvalue weighted by Gasteiger charge is 2.14. The molecule has 11 rings (SSSR count). The van der Waals surface area contributed by atoms with Crippen molar-refractivity contribution < 1.29 is 0 Å². The minimum Gasteiger partial charge on any atom is -0.236 e. The van der Waals surface area contributed by atoms with Gasteiger partial charge in [-0.05, 0) is 66.7 Å². The number of fused-ring (bicyclic) bond motifs is 1. The average Bonchev–Trinajstić information content (AvgIpc) is 3.28. The molecule has 56 heavy (non-hydrogen) atoms. The van der Waals surface area contributed by atoms with E-state index in [0.29, 0.717) is 11.6 Å². The van der Waals surface area contributed by atoms with Crippen LogP contribution in [0, 0.1) is 0 Å². The van der Waals surface area contributed by atoms with Crippen molar-refractivity contribution in [2.75, 3.05) is 0 Å². The topological polar surface area (TPSA) is 51.6 Å². The van der Waals surface area contributed by atoms with Crippen molar-refractivity contribution in [3.63, 3.8) is 0 Å². The molecule has 0 spiro atoms. The van der Waals surface area contributed by atoms with E-state index in [2.05, 4.69) is 151 Å². The van der Waals surface area contributed by atoms with Crippen LogP contribution >= 0.6 is 0 Å². The first kappa shape index (κ1) is 31.9. The molecule has 11 aromatic rings. The summed E-state index contributed by atoms with van der Waals surface area (Å²) in [5.74, 6) is 1.39. The summed E-state index contributed by atoms with van der Waals surface area (Å²) in [4.78, 5) is 19.5. The molecular weight excluding hydrogens is 681 g/mol. The zero-order valence-corrected chi connectivity index (χ0v) is 30.3. The molecule has 4 nitrogen and oxygen atoms in total. The highest BCUT2D eigenvalue weighted by molar-refractivity contribution is 6.25. The van der Waals surface area contributed by atoms with Gasteiger partial charge in [-0.3, -0.25) is 0 Å². The maximum absolute atomic E-state index is 5.07. The predicted molar refractivity (Wildman–Crippen MR) is 231 cm³/mol. The smallest absolute Gasteiger partial charge is 0.160 e. The molecule has 0 saturated heterocycles. The summed E-state index contributed by atoms with van der Waals surface area (Å²) in [7, 11) is 0. The first-order valence-corrected chi connectivity index (χ1v) is 18.9. The van der Waals surface area contributed by atoms with Gasteiger partial charge in [0.1, 0.15) is 0 Å². The van der Waals surface area contributed by atoms with Gasteiger partial charge in [0.2, 0.25) is 0 Å². The molecule has 0 atom stereocenters. The molecule has 260 valence electrons. The van der Waals surface area contributed by atoms with Gasteiger partial charge in [0.05, 0.1) is 16.9 Å². The Labute approximate surface area is 323 Å². The Hall–Kier alpha value is -7.56. The van der Waals surface area contributed by atoms with Crippen molar-refractivity contribution in [2.24, 2.45) is 0 Å². The monoisotopic (exact) mass is 712 g/mol. The highest BCUT2D eigenvalue weighted by atomic mass is 14.9. The van der Waals surface area contributed by atoms with Gasteiger partial charge >= 0.3 is 0 Å². The normalized spacial score (nSPS) is 11.6. The third kappa shape index (κ3) is 5.55. The Morgan fingerprint density at radius 2 is 0.821 bits per heavy atom.